The van der Waals surface area contributed by atoms with Crippen LogP contribution >= 0.6 is 22.9 Å². The molecule has 0 fully saturated rings. The molecule has 5 nitrogen and oxygen atoms in total. The molecule has 0 radical (unpaired) electrons. The average molecular weight is 419 g/mol. The Hall–Kier alpha value is -2.84. The molecule has 2 aromatic carbocycles. The summed E-state index contributed by atoms with van der Waals surface area (Å²) in [4.78, 5) is 16.3. The fourth-order valence-corrected chi connectivity index (χ4v) is 3.84. The number of nitrogens with zero attached hydrogens (tertiary/aromatic N) is 3. The van der Waals surface area contributed by atoms with Crippen LogP contribution in [0.2, 0.25) is 5.02 Å². The highest BCUT2D eigenvalue weighted by atomic mass is 35.5. The van der Waals surface area contributed by atoms with Crippen LogP contribution in [-0.2, 0) is 6.54 Å². The van der Waals surface area contributed by atoms with Crippen molar-refractivity contribution in [2.24, 2.45) is 0 Å². The van der Waals surface area contributed by atoms with Gasteiger partial charge in [0.15, 0.2) is 11.6 Å². The maximum absolute atomic E-state index is 14.2. The van der Waals surface area contributed by atoms with Crippen molar-refractivity contribution in [1.82, 2.24) is 15.2 Å². The zero-order valence-electron chi connectivity index (χ0n) is 14.5. The molecule has 142 valence electrons. The van der Waals surface area contributed by atoms with Gasteiger partial charge in [-0.3, -0.25) is 4.79 Å². The normalized spacial score (nSPS) is 11.1. The van der Waals surface area contributed by atoms with Crippen molar-refractivity contribution < 1.29 is 8.78 Å². The van der Waals surface area contributed by atoms with Gasteiger partial charge in [-0.15, -0.1) is 10.2 Å². The maximum Gasteiger partial charge on any atom is 0.248 e. The summed E-state index contributed by atoms with van der Waals surface area (Å²) in [5, 5.41) is 10.5. The number of halogens is 3. The van der Waals surface area contributed by atoms with E-state index in [2.05, 4.69) is 15.2 Å². The van der Waals surface area contributed by atoms with Gasteiger partial charge >= 0.3 is 0 Å². The molecule has 0 atom stereocenters. The number of rotatable bonds is 4. The molecule has 0 bridgehead atoms. The largest absolute Gasteiger partial charge is 0.319 e. The number of aromatic amines is 1. The highest BCUT2D eigenvalue weighted by molar-refractivity contribution is 7.15. The van der Waals surface area contributed by atoms with Crippen LogP contribution < -0.4 is 10.5 Å². The summed E-state index contributed by atoms with van der Waals surface area (Å²) >= 11 is 7.51. The lowest BCUT2D eigenvalue weighted by molar-refractivity contribution is 0.515. The van der Waals surface area contributed by atoms with E-state index >= 15 is 0 Å². The number of anilines is 2. The van der Waals surface area contributed by atoms with Gasteiger partial charge in [-0.2, -0.15) is 0 Å². The van der Waals surface area contributed by atoms with Gasteiger partial charge < -0.3 is 9.88 Å². The standard InChI is InChI=1S/C19H13ClF2N4OS/c1-10-24-25-19(28-10)26(13-4-2-3-12(20)8-13)9-11-7-16(27)23-18-14(11)5-6-15(21)17(18)22/h2-8H,9H2,1H3,(H,23,27). The van der Waals surface area contributed by atoms with Crippen LogP contribution in [0, 0.1) is 18.6 Å². The van der Waals surface area contributed by atoms with E-state index in [1.54, 1.807) is 18.2 Å². The molecule has 28 heavy (non-hydrogen) atoms. The minimum Gasteiger partial charge on any atom is -0.319 e. The lowest BCUT2D eigenvalue weighted by Crippen LogP contribution is -2.19. The minimum absolute atomic E-state index is 0.165. The number of benzene rings is 2. The summed E-state index contributed by atoms with van der Waals surface area (Å²) < 4.78 is 27.8. The Morgan fingerprint density at radius 2 is 2.00 bits per heavy atom. The average Bonchev–Trinajstić information content (AvgIpc) is 3.09. The van der Waals surface area contributed by atoms with Gasteiger partial charge in [-0.05, 0) is 42.8 Å². The van der Waals surface area contributed by atoms with Crippen LogP contribution in [-0.4, -0.2) is 15.2 Å². The summed E-state index contributed by atoms with van der Waals surface area (Å²) in [7, 11) is 0. The van der Waals surface area contributed by atoms with E-state index in [4.69, 9.17) is 11.6 Å². The Kier molecular flexibility index (Phi) is 4.82. The predicted molar refractivity (Wildman–Crippen MR) is 106 cm³/mol. The second-order valence-corrected chi connectivity index (χ2v) is 7.71. The maximum atomic E-state index is 14.2. The van der Waals surface area contributed by atoms with Crippen molar-refractivity contribution in [2.75, 3.05) is 4.90 Å². The van der Waals surface area contributed by atoms with Crippen LogP contribution in [0.15, 0.2) is 47.3 Å². The fraction of sp³-hybridized carbons (Fsp3) is 0.105. The first-order valence-corrected chi connectivity index (χ1v) is 9.45. The molecule has 0 aliphatic rings. The summed E-state index contributed by atoms with van der Waals surface area (Å²) in [6.07, 6.45) is 0. The number of hydrogen-bond donors (Lipinski definition) is 1. The SMILES string of the molecule is Cc1nnc(N(Cc2cc(=O)[nH]c3c(F)c(F)ccc23)c2cccc(Cl)c2)s1. The van der Waals surface area contributed by atoms with Crippen molar-refractivity contribution in [3.05, 3.63) is 80.0 Å². The molecule has 0 aliphatic heterocycles. The lowest BCUT2D eigenvalue weighted by Gasteiger charge is -2.22. The Morgan fingerprint density at radius 1 is 1.18 bits per heavy atom. The van der Waals surface area contributed by atoms with E-state index < -0.39 is 17.2 Å². The third-order valence-electron chi connectivity index (χ3n) is 4.19. The van der Waals surface area contributed by atoms with Crippen LogP contribution in [0.4, 0.5) is 19.6 Å². The van der Waals surface area contributed by atoms with E-state index in [1.807, 2.05) is 17.9 Å². The van der Waals surface area contributed by atoms with Crippen LogP contribution in [0.1, 0.15) is 10.6 Å². The van der Waals surface area contributed by atoms with Crippen molar-refractivity contribution in [1.29, 1.82) is 0 Å². The third kappa shape index (κ3) is 3.48. The second kappa shape index (κ2) is 7.29. The Bertz CT molecular complexity index is 1240. The van der Waals surface area contributed by atoms with Crippen molar-refractivity contribution in [3.8, 4) is 0 Å². The first-order valence-electron chi connectivity index (χ1n) is 8.25. The van der Waals surface area contributed by atoms with Crippen LogP contribution in [0.25, 0.3) is 10.9 Å². The van der Waals surface area contributed by atoms with E-state index in [0.29, 0.717) is 21.1 Å². The van der Waals surface area contributed by atoms with Gasteiger partial charge in [0.1, 0.15) is 5.01 Å². The molecule has 2 heterocycles. The Labute approximate surface area is 167 Å². The quantitative estimate of drug-likeness (QED) is 0.509. The van der Waals surface area contributed by atoms with Gasteiger partial charge in [0.2, 0.25) is 10.7 Å². The van der Waals surface area contributed by atoms with Crippen molar-refractivity contribution in [3.63, 3.8) is 0 Å². The number of nitrogens with one attached hydrogen (secondary N) is 1. The fourth-order valence-electron chi connectivity index (χ4n) is 2.95. The van der Waals surface area contributed by atoms with E-state index in [0.717, 1.165) is 16.8 Å². The number of H-pyrrole nitrogens is 1. The number of hydrogen-bond acceptors (Lipinski definition) is 5. The van der Waals surface area contributed by atoms with E-state index in [1.165, 1.54) is 23.5 Å². The van der Waals surface area contributed by atoms with Crippen molar-refractivity contribution in [2.45, 2.75) is 13.5 Å². The minimum atomic E-state index is -1.09. The Balaban J connectivity index is 1.88. The first kappa shape index (κ1) is 18.5. The summed E-state index contributed by atoms with van der Waals surface area (Å²) in [6, 6.07) is 11.0. The number of aryl methyl sites for hydroxylation is 1. The zero-order valence-corrected chi connectivity index (χ0v) is 16.1. The molecule has 0 saturated heterocycles. The molecule has 0 saturated carbocycles. The Morgan fingerprint density at radius 3 is 2.71 bits per heavy atom. The molecule has 0 unspecified atom stereocenters. The first-order chi connectivity index (χ1) is 13.4. The molecule has 2 aromatic heterocycles. The molecule has 0 aliphatic carbocycles. The van der Waals surface area contributed by atoms with Crippen LogP contribution in [0.5, 0.6) is 0 Å². The van der Waals surface area contributed by atoms with Gasteiger partial charge in [0, 0.05) is 22.2 Å². The van der Waals surface area contributed by atoms with Gasteiger partial charge in [-0.1, -0.05) is 29.0 Å². The van der Waals surface area contributed by atoms with Crippen molar-refractivity contribution >= 4 is 44.7 Å². The molecule has 4 rings (SSSR count). The van der Waals surface area contributed by atoms with E-state index in [9.17, 15) is 13.6 Å². The smallest absolute Gasteiger partial charge is 0.248 e. The topological polar surface area (TPSA) is 61.9 Å². The summed E-state index contributed by atoms with van der Waals surface area (Å²) in [6.45, 7) is 2.03. The highest BCUT2D eigenvalue weighted by Crippen LogP contribution is 2.32. The predicted octanol–water partition coefficient (Wildman–Crippen LogP) is 4.96. The van der Waals surface area contributed by atoms with Gasteiger partial charge in [0.05, 0.1) is 12.1 Å². The molecular formula is C19H13ClF2N4OS. The zero-order chi connectivity index (χ0) is 19.8. The second-order valence-electron chi connectivity index (χ2n) is 6.11. The molecule has 0 amide bonds. The molecule has 1 N–H and O–H groups in total. The number of fused-ring (bicyclic) bond motifs is 1. The van der Waals surface area contributed by atoms with Gasteiger partial charge in [-0.25, -0.2) is 8.78 Å². The molecule has 0 spiro atoms. The summed E-state index contributed by atoms with van der Waals surface area (Å²) in [5.74, 6) is -2.11. The number of pyridine rings is 1. The van der Waals surface area contributed by atoms with Crippen LogP contribution in [0.3, 0.4) is 0 Å². The number of aromatic nitrogens is 3. The van der Waals surface area contributed by atoms with Gasteiger partial charge in [0.25, 0.3) is 0 Å². The monoisotopic (exact) mass is 418 g/mol. The third-order valence-corrected chi connectivity index (χ3v) is 5.29. The molecular weight excluding hydrogens is 406 g/mol. The molecule has 9 heteroatoms. The molecule has 4 aromatic rings. The highest BCUT2D eigenvalue weighted by Gasteiger charge is 2.18. The summed E-state index contributed by atoms with van der Waals surface area (Å²) in [5.41, 5.74) is 0.568. The van der Waals surface area contributed by atoms with E-state index in [-0.39, 0.29) is 12.1 Å². The lowest BCUT2D eigenvalue weighted by atomic mass is 10.1.